The van der Waals surface area contributed by atoms with Crippen molar-refractivity contribution in [2.24, 2.45) is 5.92 Å². The lowest BCUT2D eigenvalue weighted by molar-refractivity contribution is 0.178. The van der Waals surface area contributed by atoms with E-state index in [0.29, 0.717) is 24.4 Å². The van der Waals surface area contributed by atoms with Crippen LogP contribution in [0.15, 0.2) is 6.07 Å². The molecule has 1 aromatic rings. The molecule has 1 heterocycles. The summed E-state index contributed by atoms with van der Waals surface area (Å²) in [5, 5.41) is 12.8. The van der Waals surface area contributed by atoms with E-state index in [1.165, 1.54) is 0 Å². The summed E-state index contributed by atoms with van der Waals surface area (Å²) in [6.45, 7) is 5.49. The van der Waals surface area contributed by atoms with Gasteiger partial charge in [-0.25, -0.2) is 4.98 Å². The summed E-state index contributed by atoms with van der Waals surface area (Å²) < 4.78 is 5.53. The number of aromatic nitrogens is 2. The first-order chi connectivity index (χ1) is 9.17. The van der Waals surface area contributed by atoms with E-state index in [2.05, 4.69) is 22.2 Å². The highest BCUT2D eigenvalue weighted by Crippen LogP contribution is 2.25. The van der Waals surface area contributed by atoms with Crippen LogP contribution in [0.3, 0.4) is 0 Å². The van der Waals surface area contributed by atoms with Crippen LogP contribution in [0, 0.1) is 12.8 Å². The van der Waals surface area contributed by atoms with Crippen LogP contribution >= 0.6 is 0 Å². The number of aryl methyl sites for hydroxylation is 1. The number of nitrogens with one attached hydrogen (secondary N) is 1. The van der Waals surface area contributed by atoms with Gasteiger partial charge in [0.05, 0.1) is 12.7 Å². The molecule has 5 nitrogen and oxygen atoms in total. The molecule has 0 radical (unpaired) electrons. The SMILES string of the molecule is CCCOc1cc(C)nc(NCC2CCC(O)C2)n1. The fourth-order valence-corrected chi connectivity index (χ4v) is 2.37. The van der Waals surface area contributed by atoms with Crippen LogP contribution in [0.4, 0.5) is 5.95 Å². The molecule has 5 heteroatoms. The zero-order valence-corrected chi connectivity index (χ0v) is 11.7. The first-order valence-electron chi connectivity index (χ1n) is 7.07. The molecule has 2 atom stereocenters. The standard InChI is InChI=1S/C14H23N3O2/c1-3-6-19-13-7-10(2)16-14(17-13)15-9-11-4-5-12(18)8-11/h7,11-12,18H,3-6,8-9H2,1-2H3,(H,15,16,17). The highest BCUT2D eigenvalue weighted by Gasteiger charge is 2.22. The number of nitrogens with zero attached hydrogens (tertiary/aromatic N) is 2. The summed E-state index contributed by atoms with van der Waals surface area (Å²) in [6.07, 6.45) is 3.68. The largest absolute Gasteiger partial charge is 0.478 e. The van der Waals surface area contributed by atoms with Gasteiger partial charge in [-0.05, 0) is 38.5 Å². The summed E-state index contributed by atoms with van der Waals surface area (Å²) in [7, 11) is 0. The van der Waals surface area contributed by atoms with Crippen molar-refractivity contribution < 1.29 is 9.84 Å². The normalized spacial score (nSPS) is 22.5. The molecular weight excluding hydrogens is 242 g/mol. The molecule has 1 aliphatic rings. The number of aliphatic hydroxyl groups excluding tert-OH is 1. The Morgan fingerprint density at radius 2 is 2.26 bits per heavy atom. The average Bonchev–Trinajstić information content (AvgIpc) is 2.79. The highest BCUT2D eigenvalue weighted by atomic mass is 16.5. The Hall–Kier alpha value is -1.36. The predicted octanol–water partition coefficient (Wildman–Crippen LogP) is 2.15. The first-order valence-corrected chi connectivity index (χ1v) is 7.07. The molecule has 19 heavy (non-hydrogen) atoms. The van der Waals surface area contributed by atoms with Gasteiger partial charge in [0.1, 0.15) is 0 Å². The van der Waals surface area contributed by atoms with E-state index in [0.717, 1.165) is 37.9 Å². The summed E-state index contributed by atoms with van der Waals surface area (Å²) in [4.78, 5) is 8.70. The van der Waals surface area contributed by atoms with Crippen LogP contribution in [0.25, 0.3) is 0 Å². The van der Waals surface area contributed by atoms with Gasteiger partial charge in [-0.3, -0.25) is 0 Å². The lowest BCUT2D eigenvalue weighted by atomic mass is 10.1. The maximum absolute atomic E-state index is 9.50. The molecular formula is C14H23N3O2. The minimum absolute atomic E-state index is 0.131. The summed E-state index contributed by atoms with van der Waals surface area (Å²) in [5.74, 6) is 1.76. The monoisotopic (exact) mass is 265 g/mol. The Bertz CT molecular complexity index is 412. The number of hydrogen-bond acceptors (Lipinski definition) is 5. The summed E-state index contributed by atoms with van der Waals surface area (Å²) >= 11 is 0. The van der Waals surface area contributed by atoms with Crippen molar-refractivity contribution in [2.75, 3.05) is 18.5 Å². The van der Waals surface area contributed by atoms with Crippen molar-refractivity contribution >= 4 is 5.95 Å². The van der Waals surface area contributed by atoms with Crippen LogP contribution in [0.5, 0.6) is 5.88 Å². The molecule has 0 aromatic carbocycles. The quantitative estimate of drug-likeness (QED) is 0.825. The van der Waals surface area contributed by atoms with Crippen molar-refractivity contribution in [3.05, 3.63) is 11.8 Å². The van der Waals surface area contributed by atoms with Gasteiger partial charge >= 0.3 is 0 Å². The van der Waals surface area contributed by atoms with Gasteiger partial charge in [0.15, 0.2) is 0 Å². The fourth-order valence-electron chi connectivity index (χ4n) is 2.37. The highest BCUT2D eigenvalue weighted by molar-refractivity contribution is 5.30. The van der Waals surface area contributed by atoms with E-state index in [4.69, 9.17) is 4.74 Å². The fraction of sp³-hybridized carbons (Fsp3) is 0.714. The second-order valence-corrected chi connectivity index (χ2v) is 5.23. The Kier molecular flexibility index (Phi) is 4.96. The molecule has 1 aromatic heterocycles. The zero-order valence-electron chi connectivity index (χ0n) is 11.7. The first kappa shape index (κ1) is 14.1. The maximum atomic E-state index is 9.50. The Labute approximate surface area is 114 Å². The Morgan fingerprint density at radius 1 is 1.42 bits per heavy atom. The van der Waals surface area contributed by atoms with Crippen molar-refractivity contribution in [2.45, 2.75) is 45.6 Å². The van der Waals surface area contributed by atoms with Gasteiger partial charge in [-0.2, -0.15) is 4.98 Å². The number of aliphatic hydroxyl groups is 1. The molecule has 0 aliphatic heterocycles. The van der Waals surface area contributed by atoms with Gasteiger partial charge in [0.25, 0.3) is 0 Å². The van der Waals surface area contributed by atoms with Crippen LogP contribution < -0.4 is 10.1 Å². The van der Waals surface area contributed by atoms with Gasteiger partial charge < -0.3 is 15.2 Å². The average molecular weight is 265 g/mol. The van der Waals surface area contributed by atoms with E-state index >= 15 is 0 Å². The second kappa shape index (κ2) is 6.70. The Balaban J connectivity index is 1.90. The topological polar surface area (TPSA) is 67.3 Å². The number of anilines is 1. The molecule has 106 valence electrons. The molecule has 0 amide bonds. The van der Waals surface area contributed by atoms with E-state index < -0.39 is 0 Å². The van der Waals surface area contributed by atoms with E-state index in [-0.39, 0.29) is 6.10 Å². The van der Waals surface area contributed by atoms with Gasteiger partial charge in [-0.15, -0.1) is 0 Å². The van der Waals surface area contributed by atoms with E-state index in [1.807, 2.05) is 13.0 Å². The maximum Gasteiger partial charge on any atom is 0.226 e. The molecule has 0 spiro atoms. The van der Waals surface area contributed by atoms with Gasteiger partial charge in [0.2, 0.25) is 11.8 Å². The van der Waals surface area contributed by atoms with Crippen molar-refractivity contribution in [3.63, 3.8) is 0 Å². The molecule has 2 N–H and O–H groups in total. The third kappa shape index (κ3) is 4.35. The van der Waals surface area contributed by atoms with Crippen molar-refractivity contribution in [1.29, 1.82) is 0 Å². The molecule has 2 unspecified atom stereocenters. The summed E-state index contributed by atoms with van der Waals surface area (Å²) in [5.41, 5.74) is 0.898. The lowest BCUT2D eigenvalue weighted by Gasteiger charge is -2.12. The predicted molar refractivity (Wildman–Crippen MR) is 74.4 cm³/mol. The zero-order chi connectivity index (χ0) is 13.7. The van der Waals surface area contributed by atoms with Crippen molar-refractivity contribution in [1.82, 2.24) is 9.97 Å². The molecule has 1 saturated carbocycles. The van der Waals surface area contributed by atoms with E-state index in [1.54, 1.807) is 0 Å². The van der Waals surface area contributed by atoms with Gasteiger partial charge in [-0.1, -0.05) is 6.92 Å². The lowest BCUT2D eigenvalue weighted by Crippen LogP contribution is -2.15. The second-order valence-electron chi connectivity index (χ2n) is 5.23. The third-order valence-corrected chi connectivity index (χ3v) is 3.35. The number of ether oxygens (including phenoxy) is 1. The number of hydrogen-bond donors (Lipinski definition) is 2. The molecule has 2 rings (SSSR count). The van der Waals surface area contributed by atoms with Crippen LogP contribution in [0.2, 0.25) is 0 Å². The minimum Gasteiger partial charge on any atom is -0.478 e. The van der Waals surface area contributed by atoms with Crippen LogP contribution in [-0.4, -0.2) is 34.3 Å². The molecule has 1 aliphatic carbocycles. The van der Waals surface area contributed by atoms with Crippen LogP contribution in [-0.2, 0) is 0 Å². The van der Waals surface area contributed by atoms with Crippen LogP contribution in [0.1, 0.15) is 38.3 Å². The molecule has 0 saturated heterocycles. The smallest absolute Gasteiger partial charge is 0.226 e. The van der Waals surface area contributed by atoms with E-state index in [9.17, 15) is 5.11 Å². The third-order valence-electron chi connectivity index (χ3n) is 3.35. The summed E-state index contributed by atoms with van der Waals surface area (Å²) in [6, 6.07) is 1.85. The molecule has 1 fully saturated rings. The molecule has 0 bridgehead atoms. The number of rotatable bonds is 6. The van der Waals surface area contributed by atoms with Gasteiger partial charge in [0, 0.05) is 18.3 Å². The van der Waals surface area contributed by atoms with Crippen molar-refractivity contribution in [3.8, 4) is 5.88 Å². The minimum atomic E-state index is -0.131. The Morgan fingerprint density at radius 3 is 2.95 bits per heavy atom.